The summed E-state index contributed by atoms with van der Waals surface area (Å²) in [5, 5.41) is 6.03. The van der Waals surface area contributed by atoms with Gasteiger partial charge in [0.25, 0.3) is 0 Å². The minimum absolute atomic E-state index is 0.111. The molecule has 0 saturated carbocycles. The van der Waals surface area contributed by atoms with E-state index in [9.17, 15) is 4.79 Å². The molecule has 0 saturated heterocycles. The van der Waals surface area contributed by atoms with Gasteiger partial charge in [-0.2, -0.15) is 0 Å². The Morgan fingerprint density at radius 2 is 1.73 bits per heavy atom. The highest BCUT2D eigenvalue weighted by Gasteiger charge is 2.15. The van der Waals surface area contributed by atoms with E-state index in [4.69, 9.17) is 9.47 Å². The molecule has 1 aliphatic heterocycles. The predicted octanol–water partition coefficient (Wildman–Crippen LogP) is 2.90. The minimum atomic E-state index is -0.351. The molecular formula is C17H18N2O3. The number of nitrogens with one attached hydrogen (secondary N) is 2. The molecule has 0 aliphatic carbocycles. The summed E-state index contributed by atoms with van der Waals surface area (Å²) < 4.78 is 11.0. The Bertz CT molecular complexity index is 658. The number of carbonyl (C=O) groups excluding carboxylic acids is 1. The minimum Gasteiger partial charge on any atom is -0.486 e. The molecule has 0 bridgehead atoms. The topological polar surface area (TPSA) is 59.6 Å². The van der Waals surface area contributed by atoms with Crippen LogP contribution in [0.1, 0.15) is 6.92 Å². The van der Waals surface area contributed by atoms with E-state index in [2.05, 4.69) is 10.6 Å². The molecular weight excluding hydrogens is 280 g/mol. The summed E-state index contributed by atoms with van der Waals surface area (Å²) in [7, 11) is 0. The second kappa shape index (κ2) is 6.39. The van der Waals surface area contributed by atoms with Gasteiger partial charge in [0.05, 0.1) is 0 Å². The molecule has 0 fully saturated rings. The Morgan fingerprint density at radius 3 is 2.50 bits per heavy atom. The fourth-order valence-electron chi connectivity index (χ4n) is 2.22. The number of hydrogen-bond donors (Lipinski definition) is 2. The quantitative estimate of drug-likeness (QED) is 0.911. The van der Waals surface area contributed by atoms with Crippen molar-refractivity contribution in [3.8, 4) is 11.5 Å². The van der Waals surface area contributed by atoms with Crippen LogP contribution in [0.4, 0.5) is 11.4 Å². The Kier molecular flexibility index (Phi) is 4.14. The van der Waals surface area contributed by atoms with E-state index in [0.717, 1.165) is 5.69 Å². The first-order valence-corrected chi connectivity index (χ1v) is 7.24. The summed E-state index contributed by atoms with van der Waals surface area (Å²) in [5.74, 6) is 1.26. The average molecular weight is 298 g/mol. The van der Waals surface area contributed by atoms with Crippen molar-refractivity contribution in [1.82, 2.24) is 0 Å². The number of benzene rings is 2. The van der Waals surface area contributed by atoms with Crippen molar-refractivity contribution < 1.29 is 14.3 Å². The average Bonchev–Trinajstić information content (AvgIpc) is 2.55. The van der Waals surface area contributed by atoms with Crippen molar-refractivity contribution in [2.24, 2.45) is 0 Å². The summed E-state index contributed by atoms with van der Waals surface area (Å²) in [4.78, 5) is 12.2. The molecule has 2 aromatic rings. The third-order valence-corrected chi connectivity index (χ3v) is 3.36. The zero-order valence-corrected chi connectivity index (χ0v) is 12.3. The van der Waals surface area contributed by atoms with E-state index < -0.39 is 0 Å². The molecule has 2 aromatic carbocycles. The van der Waals surface area contributed by atoms with Crippen molar-refractivity contribution in [2.45, 2.75) is 13.0 Å². The van der Waals surface area contributed by atoms with Gasteiger partial charge in [0.2, 0.25) is 5.91 Å². The molecule has 0 radical (unpaired) electrons. The molecule has 22 heavy (non-hydrogen) atoms. The van der Waals surface area contributed by atoms with Crippen LogP contribution in [0.25, 0.3) is 0 Å². The molecule has 1 aliphatic rings. The molecule has 0 unspecified atom stereocenters. The number of hydrogen-bond acceptors (Lipinski definition) is 4. The Hall–Kier alpha value is -2.69. The first-order chi connectivity index (χ1) is 10.7. The van der Waals surface area contributed by atoms with Crippen LogP contribution < -0.4 is 20.1 Å². The molecule has 2 N–H and O–H groups in total. The van der Waals surface area contributed by atoms with Crippen LogP contribution >= 0.6 is 0 Å². The second-order valence-corrected chi connectivity index (χ2v) is 5.08. The van der Waals surface area contributed by atoms with Crippen LogP contribution in [-0.4, -0.2) is 25.2 Å². The molecule has 5 nitrogen and oxygen atoms in total. The fraction of sp³-hybridized carbons (Fsp3) is 0.235. The second-order valence-electron chi connectivity index (χ2n) is 5.08. The monoisotopic (exact) mass is 298 g/mol. The first kappa shape index (κ1) is 14.3. The molecule has 1 amide bonds. The number of anilines is 2. The van der Waals surface area contributed by atoms with Crippen LogP contribution in [0.2, 0.25) is 0 Å². The van der Waals surface area contributed by atoms with Crippen molar-refractivity contribution in [3.63, 3.8) is 0 Å². The SMILES string of the molecule is C[C@H](Nc1ccccc1)C(=O)Nc1ccc2c(c1)OCCO2. The lowest BCUT2D eigenvalue weighted by atomic mass is 10.2. The molecule has 0 spiro atoms. The summed E-state index contributed by atoms with van der Waals surface area (Å²) in [6, 6.07) is 14.7. The summed E-state index contributed by atoms with van der Waals surface area (Å²) >= 11 is 0. The van der Waals surface area contributed by atoms with E-state index >= 15 is 0 Å². The third kappa shape index (κ3) is 3.31. The van der Waals surface area contributed by atoms with E-state index in [1.807, 2.05) is 37.3 Å². The predicted molar refractivity (Wildman–Crippen MR) is 85.6 cm³/mol. The standard InChI is InChI=1S/C17H18N2O3/c1-12(18-13-5-3-2-4-6-13)17(20)19-14-7-8-15-16(11-14)22-10-9-21-15/h2-8,11-12,18H,9-10H2,1H3,(H,19,20)/t12-/m0/s1. The van der Waals surface area contributed by atoms with Gasteiger partial charge in [0.1, 0.15) is 19.3 Å². The first-order valence-electron chi connectivity index (χ1n) is 7.24. The molecule has 1 atom stereocenters. The zero-order valence-electron chi connectivity index (χ0n) is 12.3. The van der Waals surface area contributed by atoms with Crippen LogP contribution in [0, 0.1) is 0 Å². The maximum Gasteiger partial charge on any atom is 0.246 e. The van der Waals surface area contributed by atoms with Gasteiger partial charge in [-0.3, -0.25) is 4.79 Å². The lowest BCUT2D eigenvalue weighted by molar-refractivity contribution is -0.116. The van der Waals surface area contributed by atoms with Gasteiger partial charge in [0.15, 0.2) is 11.5 Å². The van der Waals surface area contributed by atoms with Gasteiger partial charge in [0, 0.05) is 17.4 Å². The van der Waals surface area contributed by atoms with Gasteiger partial charge >= 0.3 is 0 Å². The summed E-state index contributed by atoms with van der Waals surface area (Å²) in [6.07, 6.45) is 0. The van der Waals surface area contributed by atoms with Crippen LogP contribution in [0.5, 0.6) is 11.5 Å². The van der Waals surface area contributed by atoms with Gasteiger partial charge in [-0.25, -0.2) is 0 Å². The van der Waals surface area contributed by atoms with E-state index in [1.54, 1.807) is 18.2 Å². The van der Waals surface area contributed by atoms with Crippen LogP contribution in [0.3, 0.4) is 0 Å². The van der Waals surface area contributed by atoms with Crippen LogP contribution in [0.15, 0.2) is 48.5 Å². The number of amides is 1. The fourth-order valence-corrected chi connectivity index (χ4v) is 2.22. The highest BCUT2D eigenvalue weighted by Crippen LogP contribution is 2.32. The highest BCUT2D eigenvalue weighted by atomic mass is 16.6. The number of para-hydroxylation sites is 1. The molecule has 114 valence electrons. The molecule has 3 rings (SSSR count). The zero-order chi connectivity index (χ0) is 15.4. The van der Waals surface area contributed by atoms with E-state index in [1.165, 1.54) is 0 Å². The van der Waals surface area contributed by atoms with Crippen molar-refractivity contribution >= 4 is 17.3 Å². The lowest BCUT2D eigenvalue weighted by Crippen LogP contribution is -2.31. The van der Waals surface area contributed by atoms with Crippen molar-refractivity contribution in [2.75, 3.05) is 23.8 Å². The van der Waals surface area contributed by atoms with Crippen molar-refractivity contribution in [1.29, 1.82) is 0 Å². The Balaban J connectivity index is 1.63. The summed E-state index contributed by atoms with van der Waals surface area (Å²) in [5.41, 5.74) is 1.60. The smallest absolute Gasteiger partial charge is 0.246 e. The Morgan fingerprint density at radius 1 is 1.00 bits per heavy atom. The Labute approximate surface area is 129 Å². The number of ether oxygens (including phenoxy) is 2. The van der Waals surface area contributed by atoms with E-state index in [-0.39, 0.29) is 11.9 Å². The van der Waals surface area contributed by atoms with Gasteiger partial charge in [-0.05, 0) is 31.2 Å². The maximum absolute atomic E-state index is 12.2. The molecule has 5 heteroatoms. The summed E-state index contributed by atoms with van der Waals surface area (Å²) in [6.45, 7) is 2.90. The molecule has 1 heterocycles. The van der Waals surface area contributed by atoms with Crippen LogP contribution in [-0.2, 0) is 4.79 Å². The third-order valence-electron chi connectivity index (χ3n) is 3.36. The van der Waals surface area contributed by atoms with E-state index in [0.29, 0.717) is 30.4 Å². The maximum atomic E-state index is 12.2. The number of carbonyl (C=O) groups is 1. The largest absolute Gasteiger partial charge is 0.486 e. The molecule has 0 aromatic heterocycles. The number of rotatable bonds is 4. The van der Waals surface area contributed by atoms with Gasteiger partial charge in [-0.1, -0.05) is 18.2 Å². The van der Waals surface area contributed by atoms with Gasteiger partial charge in [-0.15, -0.1) is 0 Å². The number of fused-ring (bicyclic) bond motifs is 1. The lowest BCUT2D eigenvalue weighted by Gasteiger charge is -2.20. The normalized spacial score (nSPS) is 14.0. The van der Waals surface area contributed by atoms with Gasteiger partial charge < -0.3 is 20.1 Å². The van der Waals surface area contributed by atoms with Crippen molar-refractivity contribution in [3.05, 3.63) is 48.5 Å². The highest BCUT2D eigenvalue weighted by molar-refractivity contribution is 5.96.